The normalized spacial score (nSPS) is 13.8. The first-order valence-corrected chi connectivity index (χ1v) is 27.0. The molecule has 0 saturated carbocycles. The van der Waals surface area contributed by atoms with Gasteiger partial charge in [-0.2, -0.15) is 0 Å². The molecular weight excluding hydrogens is 913 g/mol. The van der Waals surface area contributed by atoms with Gasteiger partial charge in [0.25, 0.3) is 0 Å². The lowest BCUT2D eigenvalue weighted by Crippen LogP contribution is -2.26. The van der Waals surface area contributed by atoms with E-state index in [2.05, 4.69) is 289 Å². The predicted molar refractivity (Wildman–Crippen MR) is 319 cm³/mol. The van der Waals surface area contributed by atoms with Crippen LogP contribution in [0.5, 0.6) is 11.5 Å². The molecule has 5 heteroatoms. The molecule has 10 rings (SSSR count). The highest BCUT2D eigenvalue weighted by Crippen LogP contribution is 2.50. The summed E-state index contributed by atoms with van der Waals surface area (Å²) >= 11 is 0. The third kappa shape index (κ3) is 9.76. The van der Waals surface area contributed by atoms with Crippen LogP contribution in [-0.2, 0) is 32.5 Å². The molecule has 0 unspecified atom stereocenters. The van der Waals surface area contributed by atoms with Gasteiger partial charge in [-0.05, 0) is 139 Å². The number of hydrogen-bond acceptors (Lipinski definition) is 4. The molecule has 0 radical (unpaired) electrons. The minimum absolute atomic E-state index is 0.0233. The molecule has 1 aliphatic rings. The van der Waals surface area contributed by atoms with Gasteiger partial charge in [0.1, 0.15) is 24.0 Å². The fourth-order valence-electron chi connectivity index (χ4n) is 10.8. The highest BCUT2D eigenvalue weighted by atomic mass is 16.5. The van der Waals surface area contributed by atoms with Crippen molar-refractivity contribution in [2.45, 2.75) is 143 Å². The van der Waals surface area contributed by atoms with Gasteiger partial charge in [0.05, 0.1) is 22.4 Å². The Balaban J connectivity index is 1.15. The van der Waals surface area contributed by atoms with Crippen molar-refractivity contribution >= 4 is 44.6 Å². The largest absolute Gasteiger partial charge is 0.457 e. The lowest BCUT2D eigenvalue weighted by atomic mass is 9.78. The van der Waals surface area contributed by atoms with E-state index in [1.165, 1.54) is 67.0 Å². The maximum atomic E-state index is 7.27. The Morgan fingerprint density at radius 3 is 1.49 bits per heavy atom. The average molecular weight is 991 g/mol. The van der Waals surface area contributed by atoms with E-state index in [1.807, 2.05) is 6.20 Å². The number of anilines is 4. The first-order chi connectivity index (χ1) is 35.2. The van der Waals surface area contributed by atoms with Crippen molar-refractivity contribution in [3.05, 3.63) is 214 Å². The van der Waals surface area contributed by atoms with Crippen LogP contribution < -0.4 is 14.5 Å². The van der Waals surface area contributed by atoms with E-state index in [9.17, 15) is 0 Å². The number of pyridine rings is 1. The van der Waals surface area contributed by atoms with E-state index in [0.29, 0.717) is 6.67 Å². The van der Waals surface area contributed by atoms with Crippen LogP contribution in [0.15, 0.2) is 170 Å². The van der Waals surface area contributed by atoms with Gasteiger partial charge in [0, 0.05) is 51.3 Å². The molecule has 0 atom stereocenters. The van der Waals surface area contributed by atoms with Gasteiger partial charge >= 0.3 is 0 Å². The highest BCUT2D eigenvalue weighted by molar-refractivity contribution is 6.10. The third-order valence-electron chi connectivity index (χ3n) is 16.1. The van der Waals surface area contributed by atoms with Crippen LogP contribution in [0, 0.1) is 0 Å². The number of hydrogen-bond donors (Lipinski definition) is 0. The van der Waals surface area contributed by atoms with Crippen molar-refractivity contribution in [2.24, 2.45) is 0 Å². The van der Waals surface area contributed by atoms with Crippen molar-refractivity contribution in [1.82, 2.24) is 9.55 Å². The quantitative estimate of drug-likeness (QED) is 0.144. The number of fused-ring (bicyclic) bond motifs is 4. The first-order valence-electron chi connectivity index (χ1n) is 27.0. The summed E-state index contributed by atoms with van der Waals surface area (Å²) in [5.74, 6) is 2.43. The smallest absolute Gasteiger partial charge is 0.137 e. The molecule has 0 bridgehead atoms. The van der Waals surface area contributed by atoms with Gasteiger partial charge in [0.2, 0.25) is 0 Å². The van der Waals surface area contributed by atoms with Crippen LogP contribution in [0.3, 0.4) is 0 Å². The third-order valence-corrected chi connectivity index (χ3v) is 16.1. The molecule has 0 spiro atoms. The molecule has 0 N–H and O–H groups in total. The molecule has 9 aromatic rings. The predicted octanol–water partition coefficient (Wildman–Crippen LogP) is 19.1. The van der Waals surface area contributed by atoms with Crippen LogP contribution in [0.1, 0.15) is 155 Å². The van der Waals surface area contributed by atoms with Crippen molar-refractivity contribution < 1.29 is 4.74 Å². The van der Waals surface area contributed by atoms with Gasteiger partial charge in [-0.3, -0.25) is 4.57 Å². The molecule has 75 heavy (non-hydrogen) atoms. The molecule has 0 fully saturated rings. The lowest BCUT2D eigenvalue weighted by Gasteiger charge is -2.30. The topological polar surface area (TPSA) is 33.5 Å². The zero-order valence-corrected chi connectivity index (χ0v) is 47.6. The molecule has 0 amide bonds. The number of benzene rings is 7. The summed E-state index contributed by atoms with van der Waals surface area (Å²) in [5, 5.41) is 2.34. The summed E-state index contributed by atoms with van der Waals surface area (Å²) < 4.78 is 9.60. The summed E-state index contributed by atoms with van der Waals surface area (Å²) in [5.41, 5.74) is 16.3. The zero-order valence-electron chi connectivity index (χ0n) is 47.6. The van der Waals surface area contributed by atoms with E-state index >= 15 is 0 Å². The van der Waals surface area contributed by atoms with Gasteiger partial charge < -0.3 is 14.5 Å². The van der Waals surface area contributed by atoms with Crippen molar-refractivity contribution in [2.75, 3.05) is 16.5 Å². The van der Waals surface area contributed by atoms with Gasteiger partial charge in [0.15, 0.2) is 0 Å². The van der Waals surface area contributed by atoms with E-state index in [4.69, 9.17) is 9.72 Å². The van der Waals surface area contributed by atoms with Crippen molar-refractivity contribution in [3.8, 4) is 17.3 Å². The highest BCUT2D eigenvalue weighted by Gasteiger charge is 2.34. The van der Waals surface area contributed by atoms with Gasteiger partial charge in [-0.1, -0.05) is 190 Å². The van der Waals surface area contributed by atoms with Crippen molar-refractivity contribution in [3.63, 3.8) is 0 Å². The standard InChI is InChI=1S/C70H78N4O/c1-65(2,3)48-27-32-61-63(41-48)73(45-72(61)54-36-51(67(7,8)9)35-52(37-54)68(10,11)12)55-38-53(70(15,16)47-25-21-18-22-26-47)39-57(43-55)75-56-29-30-58-59-40-50(69(13,14)46-23-19-17-20-24-46)28-31-60(59)74(62(58)44-56)64-42-49(33-34-71-64)66(4,5)6/h17-44H,45H2,1-16H3. The van der Waals surface area contributed by atoms with Crippen LogP contribution in [0.2, 0.25) is 0 Å². The Hall–Kier alpha value is -7.11. The summed E-state index contributed by atoms with van der Waals surface area (Å²) in [6.45, 7) is 37.6. The van der Waals surface area contributed by atoms with Gasteiger partial charge in [-0.15, -0.1) is 0 Å². The summed E-state index contributed by atoms with van der Waals surface area (Å²) in [6.07, 6.45) is 1.95. The van der Waals surface area contributed by atoms with E-state index in [1.54, 1.807) is 0 Å². The minimum atomic E-state index is -0.348. The number of aromatic nitrogens is 2. The molecule has 384 valence electrons. The molecule has 7 aromatic carbocycles. The lowest BCUT2D eigenvalue weighted by molar-refractivity contribution is 0.480. The second-order valence-electron chi connectivity index (χ2n) is 26.4. The molecule has 2 aromatic heterocycles. The second kappa shape index (κ2) is 18.3. The maximum Gasteiger partial charge on any atom is 0.137 e. The first kappa shape index (κ1) is 51.4. The monoisotopic (exact) mass is 991 g/mol. The summed E-state index contributed by atoms with van der Waals surface area (Å²) in [6, 6.07) is 60.9. The minimum Gasteiger partial charge on any atom is -0.457 e. The molecule has 5 nitrogen and oxygen atoms in total. The summed E-state index contributed by atoms with van der Waals surface area (Å²) in [4.78, 5) is 10.1. The van der Waals surface area contributed by atoms with Crippen LogP contribution >= 0.6 is 0 Å². The Kier molecular flexibility index (Phi) is 12.6. The summed E-state index contributed by atoms with van der Waals surface area (Å²) in [7, 11) is 0. The molecular formula is C70H78N4O. The van der Waals surface area contributed by atoms with E-state index in [0.717, 1.165) is 39.4 Å². The van der Waals surface area contributed by atoms with Gasteiger partial charge in [-0.25, -0.2) is 4.98 Å². The number of rotatable bonds is 9. The van der Waals surface area contributed by atoms with Crippen LogP contribution in [-0.4, -0.2) is 16.2 Å². The fourth-order valence-corrected chi connectivity index (χ4v) is 10.8. The Morgan fingerprint density at radius 2 is 0.893 bits per heavy atom. The average Bonchev–Trinajstić information content (AvgIpc) is 3.91. The van der Waals surface area contributed by atoms with Crippen LogP contribution in [0.25, 0.3) is 27.6 Å². The van der Waals surface area contributed by atoms with Crippen LogP contribution in [0.4, 0.5) is 22.7 Å². The second-order valence-corrected chi connectivity index (χ2v) is 26.4. The zero-order chi connectivity index (χ0) is 53.6. The number of nitrogens with zero attached hydrogens (tertiary/aromatic N) is 4. The Bertz CT molecular complexity index is 3560. The Morgan fingerprint density at radius 1 is 0.360 bits per heavy atom. The molecule has 0 saturated heterocycles. The molecule has 3 heterocycles. The molecule has 1 aliphatic heterocycles. The van der Waals surface area contributed by atoms with E-state index in [-0.39, 0.29) is 32.5 Å². The van der Waals surface area contributed by atoms with Crippen molar-refractivity contribution in [1.29, 1.82) is 0 Å². The molecule has 0 aliphatic carbocycles. The fraction of sp³-hybridized carbons (Fsp3) is 0.329. The number of ether oxygens (including phenoxy) is 1. The maximum absolute atomic E-state index is 7.27. The SMILES string of the molecule is CC(C)(C)c1cc(N2CN(c3cc(Oc4ccc5c6cc(C(C)(C)c7ccccc7)ccc6n(-c6cc(C(C)(C)C)ccn6)c5c4)cc(C(C)(C)c4ccccc4)c3)c3cc(C(C)(C)C)ccc32)cc(C(C)(C)C)c1. The Labute approximate surface area is 448 Å². The van der Waals surface area contributed by atoms with E-state index < -0.39 is 0 Å².